The molecule has 3 aliphatic rings. The number of anilines is 1. The highest BCUT2D eigenvalue weighted by atomic mass is 35.5. The van der Waals surface area contributed by atoms with Crippen LogP contribution in [-0.2, 0) is 24.0 Å². The Morgan fingerprint density at radius 1 is 1.19 bits per heavy atom. The summed E-state index contributed by atoms with van der Waals surface area (Å²) in [5.41, 5.74) is 9.00. The third-order valence-corrected chi connectivity index (χ3v) is 10.7. The fraction of sp³-hybridized carbons (Fsp3) is 0.265. The molecule has 21 nitrogen and oxygen atoms in total. The molecule has 1 fully saturated rings. The Morgan fingerprint density at radius 2 is 1.93 bits per heavy atom. The number of carboxylic acids is 2. The number of carbonyl (C=O) groups excluding carboxylic acids is 3. The number of nitrogens with zero attached hydrogens (tertiary/aromatic N) is 5. The van der Waals surface area contributed by atoms with Crippen LogP contribution < -0.4 is 32.8 Å². The van der Waals surface area contributed by atoms with Crippen molar-refractivity contribution < 1.29 is 53.9 Å². The van der Waals surface area contributed by atoms with E-state index in [0.717, 1.165) is 22.3 Å². The molecule has 58 heavy (non-hydrogen) atoms. The maximum atomic E-state index is 13.5. The van der Waals surface area contributed by atoms with Crippen molar-refractivity contribution in [3.8, 4) is 5.75 Å². The number of hydrogen-bond donors (Lipinski definition) is 9. The predicted octanol–water partition coefficient (Wildman–Crippen LogP) is -0.281. The first kappa shape index (κ1) is 42.6. The van der Waals surface area contributed by atoms with Gasteiger partial charge in [-0.05, 0) is 31.6 Å². The molecule has 24 heteroatoms. The van der Waals surface area contributed by atoms with Gasteiger partial charge in [-0.1, -0.05) is 40.2 Å². The topological polar surface area (TPSA) is 317 Å². The smallest absolute Gasteiger partial charge is 0.352 e. The number of aromatic nitrogens is 2. The molecule has 2 atom stereocenters. The summed E-state index contributed by atoms with van der Waals surface area (Å²) in [5, 5.41) is 49.9. The van der Waals surface area contributed by atoms with Crippen molar-refractivity contribution >= 4 is 81.4 Å². The molecule has 3 amide bonds. The number of aliphatic carboxylic acids is 2. The first-order valence-electron chi connectivity index (χ1n) is 16.8. The lowest BCUT2D eigenvalue weighted by Gasteiger charge is -2.49. The van der Waals surface area contributed by atoms with Gasteiger partial charge in [0.2, 0.25) is 11.0 Å². The normalized spacial score (nSPS) is 21.5. The second kappa shape index (κ2) is 17.7. The van der Waals surface area contributed by atoms with Gasteiger partial charge in [0, 0.05) is 31.0 Å². The number of carboxylic acid groups (broad SMARTS) is 2. The van der Waals surface area contributed by atoms with Crippen LogP contribution in [0.4, 0.5) is 5.13 Å². The van der Waals surface area contributed by atoms with E-state index >= 15 is 0 Å². The lowest BCUT2D eigenvalue weighted by Crippen LogP contribution is -2.71. The average Bonchev–Trinajstić information content (AvgIpc) is 3.49. The highest BCUT2D eigenvalue weighted by molar-refractivity contribution is 8.00. The van der Waals surface area contributed by atoms with Gasteiger partial charge in [0.1, 0.15) is 38.5 Å². The molecule has 0 aliphatic carbocycles. The quantitative estimate of drug-likeness (QED) is 0.0278. The number of pyridine rings is 1. The molecule has 5 rings (SSSR count). The zero-order valence-electron chi connectivity index (χ0n) is 30.4. The summed E-state index contributed by atoms with van der Waals surface area (Å²) < 4.78 is 2.02. The number of hydrogen-bond acceptors (Lipinski definition) is 16. The summed E-state index contributed by atoms with van der Waals surface area (Å²) >= 11 is 8.23. The third-order valence-electron chi connectivity index (χ3n) is 8.28. The minimum absolute atomic E-state index is 0.0199. The number of thiazole rings is 1. The van der Waals surface area contributed by atoms with E-state index in [1.165, 1.54) is 25.6 Å². The first-order chi connectivity index (χ1) is 27.4. The zero-order chi connectivity index (χ0) is 42.5. The molecule has 0 bridgehead atoms. The van der Waals surface area contributed by atoms with Gasteiger partial charge >= 0.3 is 11.9 Å². The summed E-state index contributed by atoms with van der Waals surface area (Å²) in [6.07, 6.45) is 12.4. The SMILES string of the molecule is CC(C)(O/N=C(\C(=O)N[C@@H]1C(=O)N2C(C(=O)O)=C(/C=C/C[N+]3=C/C(NCCNC(=O)c4cc(=O)c(O)cn4O)=C(N)\C=C\C=C\3)CSC12)c1nc(N)sc1Cl)C(=O)O. The molecule has 1 saturated heterocycles. The highest BCUT2D eigenvalue weighted by Gasteiger charge is 2.54. The van der Waals surface area contributed by atoms with Gasteiger partial charge in [0.05, 0.1) is 11.9 Å². The first-order valence-corrected chi connectivity index (χ1v) is 19.1. The van der Waals surface area contributed by atoms with Gasteiger partial charge in [-0.2, -0.15) is 9.31 Å². The van der Waals surface area contributed by atoms with Crippen LogP contribution in [0.5, 0.6) is 5.75 Å². The van der Waals surface area contributed by atoms with Crippen molar-refractivity contribution in [1.82, 2.24) is 30.6 Å². The number of β-lactam (4-membered cyclic amide) rings is 1. The predicted molar refractivity (Wildman–Crippen MR) is 210 cm³/mol. The Hall–Kier alpha value is -6.59. The number of nitrogen functional groups attached to an aromatic ring is 1. The number of allylic oxidation sites excluding steroid dienone is 5. The van der Waals surface area contributed by atoms with Crippen LogP contribution >= 0.6 is 34.7 Å². The van der Waals surface area contributed by atoms with E-state index in [-0.39, 0.29) is 51.9 Å². The molecule has 0 saturated carbocycles. The summed E-state index contributed by atoms with van der Waals surface area (Å²) in [7, 11) is 0. The number of aromatic hydroxyl groups is 1. The fourth-order valence-corrected chi connectivity index (χ4v) is 7.50. The van der Waals surface area contributed by atoms with E-state index < -0.39 is 63.6 Å². The maximum absolute atomic E-state index is 13.5. The molecule has 0 radical (unpaired) electrons. The van der Waals surface area contributed by atoms with E-state index in [4.69, 9.17) is 27.9 Å². The zero-order valence-corrected chi connectivity index (χ0v) is 32.8. The van der Waals surface area contributed by atoms with Crippen molar-refractivity contribution in [3.05, 3.63) is 97.5 Å². The lowest BCUT2D eigenvalue weighted by molar-refractivity contribution is -0.439. The van der Waals surface area contributed by atoms with Gasteiger partial charge < -0.3 is 52.8 Å². The van der Waals surface area contributed by atoms with Crippen LogP contribution in [0, 0.1) is 0 Å². The molecule has 306 valence electrons. The molecule has 2 aromatic heterocycles. The maximum Gasteiger partial charge on any atom is 0.352 e. The largest absolute Gasteiger partial charge is 0.503 e. The Kier molecular flexibility index (Phi) is 13.0. The molecular formula is C34H36ClN10O11S2+. The number of thioether (sulfide) groups is 1. The number of fused-ring (bicyclic) bond motifs is 1. The molecule has 5 heterocycles. The highest BCUT2D eigenvalue weighted by Crippen LogP contribution is 2.41. The third kappa shape index (κ3) is 9.50. The van der Waals surface area contributed by atoms with Crippen LogP contribution in [0.1, 0.15) is 30.0 Å². The van der Waals surface area contributed by atoms with E-state index in [1.807, 2.05) is 0 Å². The summed E-state index contributed by atoms with van der Waals surface area (Å²) in [5.74, 6) is -5.81. The summed E-state index contributed by atoms with van der Waals surface area (Å²) in [6.45, 7) is 2.83. The minimum atomic E-state index is -1.86. The Bertz CT molecular complexity index is 2340. The van der Waals surface area contributed by atoms with Gasteiger partial charge in [-0.25, -0.2) is 14.6 Å². The minimum Gasteiger partial charge on any atom is -0.503 e. The van der Waals surface area contributed by atoms with Crippen molar-refractivity contribution in [3.63, 3.8) is 0 Å². The van der Waals surface area contributed by atoms with Crippen LogP contribution in [0.15, 0.2) is 81.5 Å². The number of nitrogens with two attached hydrogens (primary N) is 2. The molecule has 1 unspecified atom stereocenters. The number of rotatable bonds is 15. The van der Waals surface area contributed by atoms with Crippen LogP contribution in [0.3, 0.4) is 0 Å². The molecule has 2 aromatic rings. The van der Waals surface area contributed by atoms with Crippen molar-refractivity contribution in [2.75, 3.05) is 31.1 Å². The lowest BCUT2D eigenvalue weighted by atomic mass is 10.0. The van der Waals surface area contributed by atoms with Gasteiger partial charge in [0.25, 0.3) is 17.7 Å². The number of carbonyl (C=O) groups is 5. The fourth-order valence-electron chi connectivity index (χ4n) is 5.25. The number of amides is 3. The summed E-state index contributed by atoms with van der Waals surface area (Å²) in [4.78, 5) is 85.2. The average molecular weight is 860 g/mol. The van der Waals surface area contributed by atoms with Crippen molar-refractivity contribution in [2.24, 2.45) is 10.9 Å². The number of halogens is 1. The van der Waals surface area contributed by atoms with Crippen molar-refractivity contribution in [1.29, 1.82) is 0 Å². The molecule has 11 N–H and O–H groups in total. The van der Waals surface area contributed by atoms with Crippen LogP contribution in [0.25, 0.3) is 0 Å². The molecule has 0 spiro atoms. The van der Waals surface area contributed by atoms with E-state index in [0.29, 0.717) is 27.9 Å². The van der Waals surface area contributed by atoms with Gasteiger partial charge in [0.15, 0.2) is 35.6 Å². The monoisotopic (exact) mass is 859 g/mol. The number of oxime groups is 1. The standard InChI is InChI=1S/C34H35ClN10O11S2/c1-34(2,32(53)54)56-42-23(22-26(35)58-33(37)41-22)28(49)40-24-29(50)45-25(31(51)52)16(15-57-30(24)45)6-5-11-43-10-4-3-7-17(36)18(13-43)38-8-9-39-27(48)19-12-20(46)21(47)14-44(19)55/h3-7,10,12-14,24,30,36,38,55H,8-9,11,15H2,1-2H3,(H7,37,39,40,41,47,48,49,51,52,53,54)/p+1/b6-5+,7-3+,10-4+,18-13?,42-23-/t24-,30?/m1/s1. The Balaban J connectivity index is 1.25. The molecule has 3 aliphatic heterocycles. The van der Waals surface area contributed by atoms with E-state index in [9.17, 15) is 49.3 Å². The Morgan fingerprint density at radius 3 is 2.60 bits per heavy atom. The van der Waals surface area contributed by atoms with Gasteiger partial charge in [-0.15, -0.1) is 11.8 Å². The van der Waals surface area contributed by atoms with Crippen molar-refractivity contribution in [2.45, 2.75) is 30.9 Å². The van der Waals surface area contributed by atoms with E-state index in [2.05, 4.69) is 26.1 Å². The second-order valence-electron chi connectivity index (χ2n) is 12.8. The summed E-state index contributed by atoms with van der Waals surface area (Å²) in [6, 6.07) is -0.404. The Labute approximate surface area is 340 Å². The van der Waals surface area contributed by atoms with Gasteiger partial charge in [-0.3, -0.25) is 24.1 Å². The van der Waals surface area contributed by atoms with Crippen LogP contribution in [0.2, 0.25) is 4.34 Å². The number of nitrogens with one attached hydrogen (secondary N) is 3. The van der Waals surface area contributed by atoms with Crippen LogP contribution in [-0.4, -0.2) is 124 Å². The molecular weight excluding hydrogens is 824 g/mol. The second-order valence-corrected chi connectivity index (χ2v) is 15.5. The van der Waals surface area contributed by atoms with E-state index in [1.54, 1.807) is 47.4 Å². The molecule has 0 aromatic carbocycles.